The third kappa shape index (κ3) is 10.4. The molecule has 1 N–H and O–H groups in total. The Hall–Kier alpha value is -2.82. The molecule has 0 fully saturated rings. The van der Waals surface area contributed by atoms with Crippen LogP contribution in [0.2, 0.25) is 0 Å². The van der Waals surface area contributed by atoms with Crippen molar-refractivity contribution >= 4 is 5.97 Å². The van der Waals surface area contributed by atoms with E-state index in [9.17, 15) is 18.0 Å². The number of nitrogens with zero attached hydrogens (tertiary/aromatic N) is 1. The number of benzene rings is 2. The van der Waals surface area contributed by atoms with Gasteiger partial charge in [0.2, 0.25) is 0 Å². The fraction of sp³-hybridized carbons (Fsp3) is 0.444. The Kier molecular flexibility index (Phi) is 11.7. The molecule has 0 aliphatic carbocycles. The zero-order valence-corrected chi connectivity index (χ0v) is 19.5. The molecule has 0 atom stereocenters. The van der Waals surface area contributed by atoms with E-state index in [0.29, 0.717) is 0 Å². The van der Waals surface area contributed by atoms with E-state index in [1.165, 1.54) is 55.4 Å². The minimum Gasteiger partial charge on any atom is -0.479 e. The van der Waals surface area contributed by atoms with Crippen molar-refractivity contribution in [2.45, 2.75) is 71.1 Å². The molecule has 0 aliphatic heterocycles. The van der Waals surface area contributed by atoms with Gasteiger partial charge in [0.1, 0.15) is 0 Å². The number of hydrogen-bond donors (Lipinski definition) is 1. The number of aliphatic carboxylic acids is 1. The Morgan fingerprint density at radius 1 is 0.971 bits per heavy atom. The number of hydrogen-bond acceptors (Lipinski definition) is 3. The minimum absolute atomic E-state index is 0.0116. The number of hydroxylamine groups is 2. The summed E-state index contributed by atoms with van der Waals surface area (Å²) in [5, 5.41) is 10.2. The average molecular weight is 476 g/mol. The minimum atomic E-state index is -4.51. The molecular weight excluding hydrogens is 443 g/mol. The van der Waals surface area contributed by atoms with Gasteiger partial charge in [-0.1, -0.05) is 81.2 Å². The van der Waals surface area contributed by atoms with Gasteiger partial charge in [0.25, 0.3) is 0 Å². The van der Waals surface area contributed by atoms with Crippen LogP contribution >= 0.6 is 0 Å². The molecule has 0 heterocycles. The van der Waals surface area contributed by atoms with Gasteiger partial charge in [-0.25, -0.2) is 4.79 Å². The Balaban J connectivity index is 1.98. The van der Waals surface area contributed by atoms with Crippen LogP contribution in [-0.4, -0.2) is 22.7 Å². The summed E-state index contributed by atoms with van der Waals surface area (Å²) in [5.74, 6) is 5.11. The van der Waals surface area contributed by atoms with Gasteiger partial charge in [-0.15, -0.1) is 0 Å². The highest BCUT2D eigenvalue weighted by Gasteiger charge is 2.33. The van der Waals surface area contributed by atoms with Gasteiger partial charge in [0.05, 0.1) is 12.1 Å². The Morgan fingerprint density at radius 3 is 2.32 bits per heavy atom. The molecule has 0 radical (unpaired) electrons. The van der Waals surface area contributed by atoms with Crippen LogP contribution in [0, 0.1) is 11.8 Å². The average Bonchev–Trinajstić information content (AvgIpc) is 2.80. The highest BCUT2D eigenvalue weighted by atomic mass is 19.4. The Labute approximate surface area is 199 Å². The maximum atomic E-state index is 13.3. The molecule has 0 saturated carbocycles. The van der Waals surface area contributed by atoms with Crippen LogP contribution in [0.1, 0.15) is 74.1 Å². The molecule has 0 aliphatic rings. The van der Waals surface area contributed by atoms with Crippen LogP contribution < -0.4 is 0 Å². The predicted octanol–water partition coefficient (Wildman–Crippen LogP) is 6.83. The van der Waals surface area contributed by atoms with Crippen molar-refractivity contribution in [2.24, 2.45) is 0 Å². The first kappa shape index (κ1) is 27.4. The van der Waals surface area contributed by atoms with E-state index in [2.05, 4.69) is 18.8 Å². The summed E-state index contributed by atoms with van der Waals surface area (Å²) in [5.41, 5.74) is 0.874. The second-order valence-electron chi connectivity index (χ2n) is 8.14. The normalized spacial score (nSPS) is 11.3. The summed E-state index contributed by atoms with van der Waals surface area (Å²) in [6.07, 6.45) is 3.67. The molecule has 0 unspecified atom stereocenters. The molecule has 0 amide bonds. The molecule has 2 aromatic rings. The van der Waals surface area contributed by atoms with Crippen molar-refractivity contribution < 1.29 is 27.9 Å². The third-order valence-electron chi connectivity index (χ3n) is 5.24. The fourth-order valence-electron chi connectivity index (χ4n) is 3.47. The van der Waals surface area contributed by atoms with Gasteiger partial charge < -0.3 is 5.11 Å². The van der Waals surface area contributed by atoms with Gasteiger partial charge in [0, 0.05) is 18.5 Å². The van der Waals surface area contributed by atoms with Crippen molar-refractivity contribution in [3.05, 3.63) is 70.8 Å². The number of carboxylic acid groups (broad SMARTS) is 1. The Morgan fingerprint density at radius 2 is 1.65 bits per heavy atom. The summed E-state index contributed by atoms with van der Waals surface area (Å²) in [4.78, 5) is 16.2. The number of carboxylic acids is 1. The molecule has 4 nitrogen and oxygen atoms in total. The molecule has 7 heteroatoms. The summed E-state index contributed by atoms with van der Waals surface area (Å²) in [7, 11) is 0. The maximum Gasteiger partial charge on any atom is 0.416 e. The van der Waals surface area contributed by atoms with Crippen LogP contribution in [-0.2, 0) is 28.9 Å². The van der Waals surface area contributed by atoms with Crippen LogP contribution in [0.5, 0.6) is 0 Å². The molecular formula is C27H32F3NO3. The molecule has 34 heavy (non-hydrogen) atoms. The first-order valence-electron chi connectivity index (χ1n) is 11.6. The molecule has 0 bridgehead atoms. The number of alkyl halides is 3. The van der Waals surface area contributed by atoms with Gasteiger partial charge in [-0.05, 0) is 35.7 Å². The van der Waals surface area contributed by atoms with Gasteiger partial charge in [-0.3, -0.25) is 4.84 Å². The SMILES string of the molecule is CCCCCCCCC#Cc1ccc(CN(Cc2ccccc2C(F)(F)F)OCC(=O)O)cc1. The van der Waals surface area contributed by atoms with E-state index < -0.39 is 24.3 Å². The van der Waals surface area contributed by atoms with Gasteiger partial charge in [0.15, 0.2) is 6.61 Å². The molecule has 0 aromatic heterocycles. The van der Waals surface area contributed by atoms with Crippen LogP contribution in [0.3, 0.4) is 0 Å². The van der Waals surface area contributed by atoms with E-state index in [-0.39, 0.29) is 18.7 Å². The van der Waals surface area contributed by atoms with Crippen LogP contribution in [0.15, 0.2) is 48.5 Å². The lowest BCUT2D eigenvalue weighted by Gasteiger charge is -2.23. The first-order chi connectivity index (χ1) is 16.3. The number of unbranched alkanes of at least 4 members (excludes halogenated alkanes) is 6. The van der Waals surface area contributed by atoms with E-state index in [1.54, 1.807) is 0 Å². The van der Waals surface area contributed by atoms with E-state index in [4.69, 9.17) is 9.94 Å². The van der Waals surface area contributed by atoms with Crippen LogP contribution in [0.25, 0.3) is 0 Å². The quantitative estimate of drug-likeness (QED) is 0.196. The first-order valence-corrected chi connectivity index (χ1v) is 11.6. The summed E-state index contributed by atoms with van der Waals surface area (Å²) >= 11 is 0. The van der Waals surface area contributed by atoms with E-state index >= 15 is 0 Å². The lowest BCUT2D eigenvalue weighted by atomic mass is 10.1. The lowest BCUT2D eigenvalue weighted by Crippen LogP contribution is -2.27. The molecule has 0 saturated heterocycles. The highest BCUT2D eigenvalue weighted by Crippen LogP contribution is 2.32. The number of carbonyl (C=O) groups is 1. The number of halogens is 3. The van der Waals surface area contributed by atoms with Gasteiger partial charge >= 0.3 is 12.1 Å². The van der Waals surface area contributed by atoms with Crippen molar-refractivity contribution in [2.75, 3.05) is 6.61 Å². The number of rotatable bonds is 13. The molecule has 0 spiro atoms. The van der Waals surface area contributed by atoms with Crippen molar-refractivity contribution in [1.29, 1.82) is 0 Å². The Bertz CT molecular complexity index is 946. The zero-order valence-electron chi connectivity index (χ0n) is 19.5. The van der Waals surface area contributed by atoms with E-state index in [0.717, 1.165) is 30.0 Å². The smallest absolute Gasteiger partial charge is 0.416 e. The fourth-order valence-corrected chi connectivity index (χ4v) is 3.47. The molecule has 2 rings (SSSR count). The zero-order chi connectivity index (χ0) is 24.8. The monoisotopic (exact) mass is 475 g/mol. The second-order valence-corrected chi connectivity index (χ2v) is 8.14. The summed E-state index contributed by atoms with van der Waals surface area (Å²) < 4.78 is 40.0. The van der Waals surface area contributed by atoms with Crippen molar-refractivity contribution in [1.82, 2.24) is 5.06 Å². The molecule has 184 valence electrons. The topological polar surface area (TPSA) is 49.8 Å². The standard InChI is InChI=1S/C27H32F3NO3/c1-2-3-4-5-6-7-8-9-12-22-15-17-23(18-16-22)19-31(34-21-26(32)33)20-24-13-10-11-14-25(24)27(28,29)30/h10-11,13-18H,2-8,19-21H2,1H3,(H,32,33). The predicted molar refractivity (Wildman–Crippen MR) is 126 cm³/mol. The van der Waals surface area contributed by atoms with Gasteiger partial charge in [-0.2, -0.15) is 18.2 Å². The van der Waals surface area contributed by atoms with Crippen molar-refractivity contribution in [3.8, 4) is 11.8 Å². The van der Waals surface area contributed by atoms with Crippen LogP contribution in [0.4, 0.5) is 13.2 Å². The third-order valence-corrected chi connectivity index (χ3v) is 5.24. The largest absolute Gasteiger partial charge is 0.479 e. The second kappa shape index (κ2) is 14.4. The van der Waals surface area contributed by atoms with E-state index in [1.807, 2.05) is 24.3 Å². The maximum absolute atomic E-state index is 13.3. The molecule has 2 aromatic carbocycles. The highest BCUT2D eigenvalue weighted by molar-refractivity contribution is 5.67. The summed E-state index contributed by atoms with van der Waals surface area (Å²) in [6, 6.07) is 12.5. The summed E-state index contributed by atoms with van der Waals surface area (Å²) in [6.45, 7) is 1.48. The van der Waals surface area contributed by atoms with Crippen molar-refractivity contribution in [3.63, 3.8) is 0 Å². The lowest BCUT2D eigenvalue weighted by molar-refractivity contribution is -0.191.